The Balaban J connectivity index is 2.20. The molecule has 15 heavy (non-hydrogen) atoms. The summed E-state index contributed by atoms with van der Waals surface area (Å²) in [7, 11) is 1.43. The van der Waals surface area contributed by atoms with Crippen molar-refractivity contribution in [1.82, 2.24) is 4.90 Å². The number of fused-ring (bicyclic) bond motifs is 2. The van der Waals surface area contributed by atoms with E-state index >= 15 is 0 Å². The fourth-order valence-electron chi connectivity index (χ4n) is 2.60. The molecular formula is C12H15NO2. The molecule has 1 saturated heterocycles. The van der Waals surface area contributed by atoms with E-state index in [0.29, 0.717) is 12.6 Å². The second-order valence-electron chi connectivity index (χ2n) is 4.01. The molecule has 80 valence electrons. The van der Waals surface area contributed by atoms with Crippen LogP contribution in [-0.4, -0.2) is 36.6 Å². The maximum atomic E-state index is 11.5. The van der Waals surface area contributed by atoms with Crippen molar-refractivity contribution in [3.8, 4) is 12.3 Å². The van der Waals surface area contributed by atoms with E-state index in [1.165, 1.54) is 7.11 Å². The van der Waals surface area contributed by atoms with Gasteiger partial charge >= 0.3 is 5.97 Å². The van der Waals surface area contributed by atoms with Crippen LogP contribution in [0.15, 0.2) is 11.6 Å². The Kier molecular flexibility index (Phi) is 2.79. The molecule has 2 heterocycles. The Morgan fingerprint density at radius 3 is 3.20 bits per heavy atom. The van der Waals surface area contributed by atoms with Gasteiger partial charge in [-0.1, -0.05) is 12.0 Å². The first-order valence-electron chi connectivity index (χ1n) is 5.25. The van der Waals surface area contributed by atoms with Crippen molar-refractivity contribution >= 4 is 5.97 Å². The predicted octanol–water partition coefficient (Wildman–Crippen LogP) is 0.956. The molecule has 2 aliphatic rings. The van der Waals surface area contributed by atoms with E-state index in [4.69, 9.17) is 11.2 Å². The number of rotatable bonds is 2. The first kappa shape index (κ1) is 10.3. The highest BCUT2D eigenvalue weighted by Gasteiger charge is 2.40. The molecule has 3 heteroatoms. The average Bonchev–Trinajstić information content (AvgIpc) is 2.51. The lowest BCUT2D eigenvalue weighted by atomic mass is 10.0. The summed E-state index contributed by atoms with van der Waals surface area (Å²) in [6.45, 7) is 0.629. The smallest absolute Gasteiger partial charge is 0.335 e. The van der Waals surface area contributed by atoms with E-state index in [0.717, 1.165) is 24.8 Å². The highest BCUT2D eigenvalue weighted by Crippen LogP contribution is 2.35. The van der Waals surface area contributed by atoms with Gasteiger partial charge in [-0.2, -0.15) is 0 Å². The van der Waals surface area contributed by atoms with Gasteiger partial charge in [0.1, 0.15) is 0 Å². The molecule has 1 fully saturated rings. The van der Waals surface area contributed by atoms with Crippen molar-refractivity contribution in [2.75, 3.05) is 13.7 Å². The summed E-state index contributed by atoms with van der Waals surface area (Å²) in [4.78, 5) is 13.8. The largest absolute Gasteiger partial charge is 0.466 e. The maximum absolute atomic E-state index is 11.5. The average molecular weight is 205 g/mol. The number of hydrogen-bond donors (Lipinski definition) is 0. The van der Waals surface area contributed by atoms with Crippen LogP contribution in [0.1, 0.15) is 19.3 Å². The van der Waals surface area contributed by atoms with Gasteiger partial charge in [0, 0.05) is 12.1 Å². The van der Waals surface area contributed by atoms with Crippen LogP contribution in [0.5, 0.6) is 0 Å². The van der Waals surface area contributed by atoms with Gasteiger partial charge in [0.15, 0.2) is 0 Å². The third-order valence-electron chi connectivity index (χ3n) is 3.31. The number of terminal acetylenes is 1. The second kappa shape index (κ2) is 4.08. The Morgan fingerprint density at radius 2 is 2.53 bits per heavy atom. The predicted molar refractivity (Wildman–Crippen MR) is 57.1 cm³/mol. The maximum Gasteiger partial charge on any atom is 0.335 e. The van der Waals surface area contributed by atoms with Gasteiger partial charge in [0.2, 0.25) is 0 Å². The molecule has 3 nitrogen and oxygen atoms in total. The summed E-state index contributed by atoms with van der Waals surface area (Å²) in [6.07, 6.45) is 10.4. The summed E-state index contributed by atoms with van der Waals surface area (Å²) < 4.78 is 4.78. The molecule has 2 atom stereocenters. The molecule has 0 aliphatic carbocycles. The number of hydrogen-bond acceptors (Lipinski definition) is 3. The van der Waals surface area contributed by atoms with Crippen molar-refractivity contribution < 1.29 is 9.53 Å². The van der Waals surface area contributed by atoms with E-state index < -0.39 is 0 Å². The molecule has 0 amide bonds. The zero-order valence-corrected chi connectivity index (χ0v) is 8.90. The number of carbonyl (C=O) groups excluding carboxylic acids is 1. The first-order valence-corrected chi connectivity index (χ1v) is 5.25. The molecule has 0 radical (unpaired) electrons. The van der Waals surface area contributed by atoms with Gasteiger partial charge in [-0.3, -0.25) is 4.90 Å². The topological polar surface area (TPSA) is 29.5 Å². The molecule has 0 saturated carbocycles. The summed E-state index contributed by atoms with van der Waals surface area (Å²) >= 11 is 0. The van der Waals surface area contributed by atoms with E-state index in [1.54, 1.807) is 0 Å². The quantitative estimate of drug-likeness (QED) is 0.496. The zero-order chi connectivity index (χ0) is 10.8. The van der Waals surface area contributed by atoms with Crippen LogP contribution in [0, 0.1) is 12.3 Å². The van der Waals surface area contributed by atoms with E-state index in [1.807, 2.05) is 6.08 Å². The fourth-order valence-corrected chi connectivity index (χ4v) is 2.60. The van der Waals surface area contributed by atoms with Gasteiger partial charge in [-0.25, -0.2) is 4.79 Å². The highest BCUT2D eigenvalue weighted by molar-refractivity contribution is 5.90. The van der Waals surface area contributed by atoms with Gasteiger partial charge in [-0.05, 0) is 19.3 Å². The minimum absolute atomic E-state index is 0.187. The lowest BCUT2D eigenvalue weighted by molar-refractivity contribution is -0.137. The summed E-state index contributed by atoms with van der Waals surface area (Å²) in [5.74, 6) is 2.46. The van der Waals surface area contributed by atoms with E-state index in [-0.39, 0.29) is 12.0 Å². The minimum atomic E-state index is -0.206. The van der Waals surface area contributed by atoms with Gasteiger partial charge in [-0.15, -0.1) is 6.42 Å². The molecule has 2 rings (SSSR count). The van der Waals surface area contributed by atoms with Crippen LogP contribution in [-0.2, 0) is 9.53 Å². The number of nitrogens with zero attached hydrogens (tertiary/aromatic N) is 1. The highest BCUT2D eigenvalue weighted by atomic mass is 16.5. The number of esters is 1. The summed E-state index contributed by atoms with van der Waals surface area (Å²) in [5.41, 5.74) is 0.793. The Bertz CT molecular complexity index is 340. The SMILES string of the molecule is C#CCN1[C@@H]2CC=C(C(=O)OC)[C@H]1CC2. The lowest BCUT2D eigenvalue weighted by Crippen LogP contribution is -2.41. The van der Waals surface area contributed by atoms with Crippen molar-refractivity contribution in [3.63, 3.8) is 0 Å². The molecule has 0 unspecified atom stereocenters. The molecule has 0 N–H and O–H groups in total. The summed E-state index contributed by atoms with van der Waals surface area (Å²) in [6, 6.07) is 0.715. The third-order valence-corrected chi connectivity index (χ3v) is 3.31. The van der Waals surface area contributed by atoms with Crippen LogP contribution in [0.25, 0.3) is 0 Å². The van der Waals surface area contributed by atoms with Crippen LogP contribution in [0.4, 0.5) is 0 Å². The van der Waals surface area contributed by atoms with Gasteiger partial charge < -0.3 is 4.74 Å². The molecule has 2 aliphatic heterocycles. The van der Waals surface area contributed by atoms with Crippen LogP contribution < -0.4 is 0 Å². The summed E-state index contributed by atoms with van der Waals surface area (Å²) in [5, 5.41) is 0. The minimum Gasteiger partial charge on any atom is -0.466 e. The number of methoxy groups -OCH3 is 1. The molecule has 0 aromatic heterocycles. The molecule has 0 spiro atoms. The van der Waals surface area contributed by atoms with Crippen molar-refractivity contribution in [1.29, 1.82) is 0 Å². The molecule has 2 bridgehead atoms. The Morgan fingerprint density at radius 1 is 1.73 bits per heavy atom. The molecule has 0 aromatic carbocycles. The monoisotopic (exact) mass is 205 g/mol. The lowest BCUT2D eigenvalue weighted by Gasteiger charge is -2.32. The van der Waals surface area contributed by atoms with Crippen molar-refractivity contribution in [2.45, 2.75) is 31.3 Å². The zero-order valence-electron chi connectivity index (χ0n) is 8.90. The standard InChI is InChI=1S/C12H15NO2/c1-3-8-13-9-4-6-10(12(14)15-2)11(13)7-5-9/h1,6,9,11H,4-5,7-8H2,2H3/t9-,11-/m1/s1. The van der Waals surface area contributed by atoms with E-state index in [2.05, 4.69) is 10.8 Å². The first-order chi connectivity index (χ1) is 7.27. The van der Waals surface area contributed by atoms with Crippen LogP contribution >= 0.6 is 0 Å². The fraction of sp³-hybridized carbons (Fsp3) is 0.583. The number of ether oxygens (including phenoxy) is 1. The third kappa shape index (κ3) is 1.66. The van der Waals surface area contributed by atoms with Crippen LogP contribution in [0.2, 0.25) is 0 Å². The second-order valence-corrected chi connectivity index (χ2v) is 4.01. The van der Waals surface area contributed by atoms with Crippen molar-refractivity contribution in [3.05, 3.63) is 11.6 Å². The number of carbonyl (C=O) groups is 1. The Hall–Kier alpha value is -1.27. The Labute approximate surface area is 90.1 Å². The van der Waals surface area contributed by atoms with Crippen LogP contribution in [0.3, 0.4) is 0 Å². The van der Waals surface area contributed by atoms with Gasteiger partial charge in [0.25, 0.3) is 0 Å². The van der Waals surface area contributed by atoms with E-state index in [9.17, 15) is 4.79 Å². The van der Waals surface area contributed by atoms with Gasteiger partial charge in [0.05, 0.1) is 19.2 Å². The van der Waals surface area contributed by atoms with Crippen molar-refractivity contribution in [2.24, 2.45) is 0 Å². The normalized spacial score (nSPS) is 29.5. The molecular weight excluding hydrogens is 190 g/mol. The molecule has 0 aromatic rings.